The minimum atomic E-state index is -0.888. The molecule has 0 radical (unpaired) electrons. The Balaban J connectivity index is 1.45. The fourth-order valence-corrected chi connectivity index (χ4v) is 5.66. The van der Waals surface area contributed by atoms with Gasteiger partial charge in [0.05, 0.1) is 19.6 Å². The molecule has 1 aromatic heterocycles. The molecule has 0 aliphatic rings. The van der Waals surface area contributed by atoms with Crippen molar-refractivity contribution in [3.05, 3.63) is 90.1 Å². The zero-order valence-electron chi connectivity index (χ0n) is 30.4. The standard InChI is InChI=1S/C40H48N4O7/c1-25(2)37(43-35(46)13-10-22-44(39(49)51-40(4,5)6)34-23-26(3)20-21-41-34)38(48)42-32(24-36(47)50-7)28-16-14-27(15-17-28)29-18-19-33(45)31-12-9-8-11-30(29)31/h8-9,11-12,14-21,23,25,32,37,45H,10,13,22,24H2,1-7H3,(H,42,48)(H,43,46)/t32-,37+/m0/s1. The first kappa shape index (κ1) is 38.4. The van der Waals surface area contributed by atoms with Crippen LogP contribution in [0.4, 0.5) is 10.6 Å². The number of pyridine rings is 1. The van der Waals surface area contributed by atoms with Gasteiger partial charge < -0.3 is 25.2 Å². The third-order valence-electron chi connectivity index (χ3n) is 8.28. The summed E-state index contributed by atoms with van der Waals surface area (Å²) in [4.78, 5) is 58.1. The van der Waals surface area contributed by atoms with Crippen molar-refractivity contribution in [1.29, 1.82) is 0 Å². The van der Waals surface area contributed by atoms with Crippen LogP contribution in [-0.4, -0.2) is 59.3 Å². The number of methoxy groups -OCH3 is 1. The van der Waals surface area contributed by atoms with Crippen LogP contribution in [0.2, 0.25) is 0 Å². The number of fused-ring (bicyclic) bond motifs is 1. The van der Waals surface area contributed by atoms with Gasteiger partial charge in [-0.25, -0.2) is 9.78 Å². The number of benzene rings is 3. The van der Waals surface area contributed by atoms with Crippen LogP contribution in [0.25, 0.3) is 21.9 Å². The van der Waals surface area contributed by atoms with Gasteiger partial charge in [0.1, 0.15) is 23.2 Å². The first-order chi connectivity index (χ1) is 24.2. The van der Waals surface area contributed by atoms with Crippen LogP contribution in [0.3, 0.4) is 0 Å². The summed E-state index contributed by atoms with van der Waals surface area (Å²) in [7, 11) is 1.29. The molecule has 270 valence electrons. The summed E-state index contributed by atoms with van der Waals surface area (Å²) in [6, 6.07) is 20.6. The number of nitrogens with one attached hydrogen (secondary N) is 2. The number of rotatable bonds is 13. The number of hydrogen-bond acceptors (Lipinski definition) is 8. The highest BCUT2D eigenvalue weighted by Gasteiger charge is 2.29. The van der Waals surface area contributed by atoms with Crippen LogP contribution < -0.4 is 15.5 Å². The van der Waals surface area contributed by atoms with Crippen molar-refractivity contribution in [2.75, 3.05) is 18.6 Å². The maximum atomic E-state index is 13.7. The van der Waals surface area contributed by atoms with Crippen LogP contribution in [0.15, 0.2) is 79.0 Å². The summed E-state index contributed by atoms with van der Waals surface area (Å²) < 4.78 is 10.5. The maximum absolute atomic E-state index is 13.7. The monoisotopic (exact) mass is 696 g/mol. The van der Waals surface area contributed by atoms with E-state index in [1.54, 1.807) is 39.1 Å². The van der Waals surface area contributed by atoms with Gasteiger partial charge in [-0.1, -0.05) is 68.4 Å². The molecule has 11 heteroatoms. The van der Waals surface area contributed by atoms with E-state index >= 15 is 0 Å². The lowest BCUT2D eigenvalue weighted by Gasteiger charge is -2.27. The summed E-state index contributed by atoms with van der Waals surface area (Å²) >= 11 is 0. The van der Waals surface area contributed by atoms with Crippen LogP contribution in [0, 0.1) is 12.8 Å². The van der Waals surface area contributed by atoms with Gasteiger partial charge in [-0.2, -0.15) is 0 Å². The van der Waals surface area contributed by atoms with Gasteiger partial charge in [0.2, 0.25) is 11.8 Å². The van der Waals surface area contributed by atoms with Gasteiger partial charge in [-0.15, -0.1) is 0 Å². The number of carbonyl (C=O) groups is 4. The van der Waals surface area contributed by atoms with E-state index in [1.165, 1.54) is 12.0 Å². The second kappa shape index (κ2) is 17.0. The quantitative estimate of drug-likeness (QED) is 0.127. The Bertz CT molecular complexity index is 1850. The highest BCUT2D eigenvalue weighted by Crippen LogP contribution is 2.34. The molecule has 4 rings (SSSR count). The van der Waals surface area contributed by atoms with Crippen LogP contribution in [0.1, 0.15) is 71.0 Å². The van der Waals surface area contributed by atoms with E-state index in [9.17, 15) is 24.3 Å². The van der Waals surface area contributed by atoms with Gasteiger partial charge in [0.25, 0.3) is 0 Å². The molecular weight excluding hydrogens is 648 g/mol. The minimum absolute atomic E-state index is 0.0423. The van der Waals surface area contributed by atoms with E-state index in [4.69, 9.17) is 9.47 Å². The number of phenolic OH excluding ortho intramolecular Hbond substituents is 1. The number of aryl methyl sites for hydroxylation is 1. The number of anilines is 1. The van der Waals surface area contributed by atoms with Gasteiger partial charge in [-0.3, -0.25) is 19.3 Å². The average Bonchev–Trinajstić information content (AvgIpc) is 3.08. The largest absolute Gasteiger partial charge is 0.507 e. The fraction of sp³-hybridized carbons (Fsp3) is 0.375. The van der Waals surface area contributed by atoms with E-state index < -0.39 is 35.7 Å². The SMILES string of the molecule is COC(=O)C[C@H](NC(=O)[C@H](NC(=O)CCCN(C(=O)OC(C)(C)C)c1cc(C)ccn1)C(C)C)c1ccc(-c2ccc(O)c3ccccc23)cc1. The smallest absolute Gasteiger partial charge is 0.416 e. The fourth-order valence-electron chi connectivity index (χ4n) is 5.66. The summed E-state index contributed by atoms with van der Waals surface area (Å²) in [5.74, 6) is -0.962. The molecule has 0 aliphatic carbocycles. The molecule has 3 aromatic carbocycles. The minimum Gasteiger partial charge on any atom is -0.507 e. The van der Waals surface area contributed by atoms with Crippen molar-refractivity contribution in [2.45, 2.75) is 78.5 Å². The van der Waals surface area contributed by atoms with Crippen LogP contribution >= 0.6 is 0 Å². The predicted molar refractivity (Wildman–Crippen MR) is 197 cm³/mol. The van der Waals surface area contributed by atoms with Gasteiger partial charge in [-0.05, 0) is 85.9 Å². The Morgan fingerprint density at radius 2 is 1.61 bits per heavy atom. The highest BCUT2D eigenvalue weighted by atomic mass is 16.6. The molecule has 0 bridgehead atoms. The van der Waals surface area contributed by atoms with Crippen LogP contribution in [0.5, 0.6) is 5.75 Å². The zero-order chi connectivity index (χ0) is 37.3. The van der Waals surface area contributed by atoms with Crippen LogP contribution in [-0.2, 0) is 23.9 Å². The number of aromatic nitrogens is 1. The van der Waals surface area contributed by atoms with Crippen molar-refractivity contribution < 1.29 is 33.8 Å². The number of carbonyl (C=O) groups excluding carboxylic acids is 4. The summed E-state index contributed by atoms with van der Waals surface area (Å²) in [6.07, 6.45) is 1.26. The summed E-state index contributed by atoms with van der Waals surface area (Å²) in [6.45, 7) is 11.1. The van der Waals surface area contributed by atoms with Crippen molar-refractivity contribution in [3.63, 3.8) is 0 Å². The molecule has 0 spiro atoms. The zero-order valence-corrected chi connectivity index (χ0v) is 30.4. The van der Waals surface area contributed by atoms with Gasteiger partial charge in [0, 0.05) is 24.5 Å². The molecule has 0 unspecified atom stereocenters. The van der Waals surface area contributed by atoms with E-state index in [2.05, 4.69) is 15.6 Å². The third-order valence-corrected chi connectivity index (χ3v) is 8.28. The van der Waals surface area contributed by atoms with Gasteiger partial charge >= 0.3 is 12.1 Å². The molecule has 0 saturated carbocycles. The van der Waals surface area contributed by atoms with E-state index in [0.29, 0.717) is 17.8 Å². The van der Waals surface area contributed by atoms with Crippen molar-refractivity contribution in [3.8, 4) is 16.9 Å². The second-order valence-electron chi connectivity index (χ2n) is 13.9. The Labute approximate surface area is 299 Å². The average molecular weight is 697 g/mol. The maximum Gasteiger partial charge on any atom is 0.416 e. The number of esters is 1. The lowest BCUT2D eigenvalue weighted by Crippen LogP contribution is -2.50. The molecule has 11 nitrogen and oxygen atoms in total. The Morgan fingerprint density at radius 3 is 2.24 bits per heavy atom. The molecule has 51 heavy (non-hydrogen) atoms. The Morgan fingerprint density at radius 1 is 0.922 bits per heavy atom. The molecular formula is C40H48N4O7. The number of aromatic hydroxyl groups is 1. The summed E-state index contributed by atoms with van der Waals surface area (Å²) in [5.41, 5.74) is 2.71. The van der Waals surface area contributed by atoms with E-state index in [-0.39, 0.29) is 37.0 Å². The molecule has 0 saturated heterocycles. The predicted octanol–water partition coefficient (Wildman–Crippen LogP) is 7.00. The lowest BCUT2D eigenvalue weighted by atomic mass is 9.95. The molecule has 0 fully saturated rings. The Hall–Kier alpha value is -5.45. The van der Waals surface area contributed by atoms with Crippen molar-refractivity contribution in [1.82, 2.24) is 15.6 Å². The molecule has 2 atom stereocenters. The Kier molecular flexibility index (Phi) is 12.8. The first-order valence-corrected chi connectivity index (χ1v) is 17.1. The topological polar surface area (TPSA) is 147 Å². The molecule has 1 heterocycles. The first-order valence-electron chi connectivity index (χ1n) is 17.1. The number of amides is 3. The number of nitrogens with zero attached hydrogens (tertiary/aromatic N) is 2. The van der Waals surface area contributed by atoms with Crippen molar-refractivity contribution >= 4 is 40.5 Å². The third kappa shape index (κ3) is 10.5. The molecule has 0 aliphatic heterocycles. The molecule has 3 amide bonds. The summed E-state index contributed by atoms with van der Waals surface area (Å²) in [5, 5.41) is 17.8. The normalized spacial score (nSPS) is 12.5. The molecule has 3 N–H and O–H groups in total. The number of phenols is 1. The van der Waals surface area contributed by atoms with Crippen molar-refractivity contribution in [2.24, 2.45) is 5.92 Å². The second-order valence-corrected chi connectivity index (χ2v) is 13.9. The number of ether oxygens (including phenoxy) is 2. The molecule has 4 aromatic rings. The van der Waals surface area contributed by atoms with E-state index in [1.807, 2.05) is 81.4 Å². The lowest BCUT2D eigenvalue weighted by molar-refractivity contribution is -0.141. The van der Waals surface area contributed by atoms with E-state index in [0.717, 1.165) is 27.5 Å². The highest BCUT2D eigenvalue weighted by molar-refractivity contribution is 6.00. The van der Waals surface area contributed by atoms with Gasteiger partial charge in [0.15, 0.2) is 0 Å². The number of hydrogen-bond donors (Lipinski definition) is 3.